The van der Waals surface area contributed by atoms with Crippen LogP contribution in [0.4, 0.5) is 0 Å². The lowest BCUT2D eigenvalue weighted by molar-refractivity contribution is -0.135. The standard InChI is InChI=1S/C21H25BrN2O2/c1-23(15-17-13-18(22)10-11-20(17)26-2)21(25)19-9-6-12-24(19)14-16-7-4-3-5-8-16/h3-5,7-8,10-11,13,19H,6,9,12,14-15H2,1-2H3/t19-/m0/s1. The summed E-state index contributed by atoms with van der Waals surface area (Å²) in [5.74, 6) is 0.987. The highest BCUT2D eigenvalue weighted by atomic mass is 79.9. The van der Waals surface area contributed by atoms with Crippen molar-refractivity contribution in [3.05, 3.63) is 64.1 Å². The number of ether oxygens (including phenoxy) is 1. The molecule has 5 heteroatoms. The maximum absolute atomic E-state index is 13.1. The lowest BCUT2D eigenvalue weighted by Gasteiger charge is -2.28. The second-order valence-corrected chi connectivity index (χ2v) is 7.68. The van der Waals surface area contributed by atoms with Gasteiger partial charge in [0.25, 0.3) is 0 Å². The molecule has 0 aliphatic carbocycles. The van der Waals surface area contributed by atoms with Gasteiger partial charge in [-0.2, -0.15) is 0 Å². The largest absolute Gasteiger partial charge is 0.496 e. The molecule has 2 aromatic rings. The van der Waals surface area contributed by atoms with Gasteiger partial charge in [0.05, 0.1) is 13.2 Å². The van der Waals surface area contributed by atoms with Gasteiger partial charge in [0.1, 0.15) is 5.75 Å². The Kier molecular flexibility index (Phi) is 6.33. The first kappa shape index (κ1) is 18.9. The minimum atomic E-state index is -0.0432. The molecule has 1 amide bonds. The van der Waals surface area contributed by atoms with Crippen molar-refractivity contribution in [3.63, 3.8) is 0 Å². The van der Waals surface area contributed by atoms with Gasteiger partial charge in [0, 0.05) is 30.2 Å². The van der Waals surface area contributed by atoms with Gasteiger partial charge in [0.2, 0.25) is 5.91 Å². The molecule has 1 atom stereocenters. The molecule has 1 aliphatic rings. The van der Waals surface area contributed by atoms with Crippen molar-refractivity contribution in [2.24, 2.45) is 0 Å². The number of methoxy groups -OCH3 is 1. The molecule has 1 aliphatic heterocycles. The number of hydrogen-bond donors (Lipinski definition) is 0. The van der Waals surface area contributed by atoms with E-state index in [1.165, 1.54) is 5.56 Å². The first-order valence-electron chi connectivity index (χ1n) is 8.94. The molecule has 0 bridgehead atoms. The topological polar surface area (TPSA) is 32.8 Å². The highest BCUT2D eigenvalue weighted by Crippen LogP contribution is 2.26. The highest BCUT2D eigenvalue weighted by Gasteiger charge is 2.32. The lowest BCUT2D eigenvalue weighted by Crippen LogP contribution is -2.43. The van der Waals surface area contributed by atoms with E-state index in [4.69, 9.17) is 4.74 Å². The van der Waals surface area contributed by atoms with Crippen LogP contribution in [0.25, 0.3) is 0 Å². The molecule has 1 fully saturated rings. The normalized spacial score (nSPS) is 17.3. The molecule has 4 nitrogen and oxygen atoms in total. The number of nitrogens with zero attached hydrogens (tertiary/aromatic N) is 2. The summed E-state index contributed by atoms with van der Waals surface area (Å²) in [6.07, 6.45) is 1.99. The Balaban J connectivity index is 1.68. The summed E-state index contributed by atoms with van der Waals surface area (Å²) in [6.45, 7) is 2.34. The van der Waals surface area contributed by atoms with Gasteiger partial charge < -0.3 is 9.64 Å². The molecule has 0 aromatic heterocycles. The van der Waals surface area contributed by atoms with Crippen molar-refractivity contribution >= 4 is 21.8 Å². The molecule has 2 aromatic carbocycles. The van der Waals surface area contributed by atoms with Gasteiger partial charge in [-0.15, -0.1) is 0 Å². The molecule has 0 saturated carbocycles. The summed E-state index contributed by atoms with van der Waals surface area (Å²) in [5, 5.41) is 0. The molecule has 0 N–H and O–H groups in total. The van der Waals surface area contributed by atoms with Gasteiger partial charge >= 0.3 is 0 Å². The maximum Gasteiger partial charge on any atom is 0.239 e. The molecule has 3 rings (SSSR count). The zero-order valence-corrected chi connectivity index (χ0v) is 16.9. The van der Waals surface area contributed by atoms with Gasteiger partial charge in [-0.1, -0.05) is 46.3 Å². The molecule has 0 radical (unpaired) electrons. The molecule has 0 spiro atoms. The predicted octanol–water partition coefficient (Wildman–Crippen LogP) is 4.08. The second-order valence-electron chi connectivity index (χ2n) is 6.76. The Morgan fingerprint density at radius 2 is 2.04 bits per heavy atom. The third-order valence-electron chi connectivity index (χ3n) is 4.90. The summed E-state index contributed by atoms with van der Waals surface area (Å²) < 4.78 is 6.42. The summed E-state index contributed by atoms with van der Waals surface area (Å²) in [7, 11) is 3.54. The smallest absolute Gasteiger partial charge is 0.239 e. The number of benzene rings is 2. The first-order valence-corrected chi connectivity index (χ1v) is 9.73. The average Bonchev–Trinajstić information content (AvgIpc) is 3.10. The maximum atomic E-state index is 13.1. The van der Waals surface area contributed by atoms with Gasteiger partial charge in [-0.3, -0.25) is 9.69 Å². The Labute approximate surface area is 163 Å². The van der Waals surface area contributed by atoms with Crippen LogP contribution in [0.3, 0.4) is 0 Å². The number of amides is 1. The van der Waals surface area contributed by atoms with Crippen LogP contribution in [0.5, 0.6) is 5.75 Å². The van der Waals surface area contributed by atoms with Crippen molar-refractivity contribution < 1.29 is 9.53 Å². The van der Waals surface area contributed by atoms with Gasteiger partial charge in [-0.25, -0.2) is 0 Å². The summed E-state index contributed by atoms with van der Waals surface area (Å²) >= 11 is 3.50. The Bertz CT molecular complexity index is 751. The minimum Gasteiger partial charge on any atom is -0.496 e. The Hall–Kier alpha value is -1.85. The van der Waals surface area contributed by atoms with E-state index in [0.717, 1.165) is 41.7 Å². The molecule has 138 valence electrons. The molecule has 0 unspecified atom stereocenters. The van der Waals surface area contributed by atoms with Gasteiger partial charge in [-0.05, 0) is 43.1 Å². The van der Waals surface area contributed by atoms with Crippen molar-refractivity contribution in [1.29, 1.82) is 0 Å². The highest BCUT2D eigenvalue weighted by molar-refractivity contribution is 9.10. The van der Waals surface area contributed by atoms with E-state index in [1.54, 1.807) is 7.11 Å². The SMILES string of the molecule is COc1ccc(Br)cc1CN(C)C(=O)[C@@H]1CCCN1Cc1ccccc1. The fraction of sp³-hybridized carbons (Fsp3) is 0.381. The number of rotatable bonds is 6. The number of likely N-dealkylation sites (tertiary alicyclic amines) is 1. The number of carbonyl (C=O) groups is 1. The second kappa shape index (κ2) is 8.69. The van der Waals surface area contributed by atoms with Crippen LogP contribution >= 0.6 is 15.9 Å². The van der Waals surface area contributed by atoms with Crippen molar-refractivity contribution in [3.8, 4) is 5.75 Å². The van der Waals surface area contributed by atoms with E-state index in [-0.39, 0.29) is 11.9 Å². The van der Waals surface area contributed by atoms with E-state index >= 15 is 0 Å². The van der Waals surface area contributed by atoms with Crippen molar-refractivity contribution in [1.82, 2.24) is 9.80 Å². The van der Waals surface area contributed by atoms with E-state index in [0.29, 0.717) is 6.54 Å². The monoisotopic (exact) mass is 416 g/mol. The van der Waals surface area contributed by atoms with E-state index in [2.05, 4.69) is 33.0 Å². The Morgan fingerprint density at radius 3 is 2.77 bits per heavy atom. The molecule has 1 saturated heterocycles. The first-order chi connectivity index (χ1) is 12.6. The average molecular weight is 417 g/mol. The zero-order valence-electron chi connectivity index (χ0n) is 15.3. The lowest BCUT2D eigenvalue weighted by atomic mass is 10.1. The number of hydrogen-bond acceptors (Lipinski definition) is 3. The number of carbonyl (C=O) groups excluding carboxylic acids is 1. The molecular weight excluding hydrogens is 392 g/mol. The minimum absolute atomic E-state index is 0.0432. The summed E-state index contributed by atoms with van der Waals surface area (Å²) in [5.41, 5.74) is 2.26. The number of likely N-dealkylation sites (N-methyl/N-ethyl adjacent to an activating group) is 1. The van der Waals surface area contributed by atoms with Crippen molar-refractivity contribution in [2.75, 3.05) is 20.7 Å². The van der Waals surface area contributed by atoms with Crippen molar-refractivity contribution in [2.45, 2.75) is 32.0 Å². The summed E-state index contributed by atoms with van der Waals surface area (Å²) in [4.78, 5) is 17.2. The Morgan fingerprint density at radius 1 is 1.27 bits per heavy atom. The predicted molar refractivity (Wildman–Crippen MR) is 107 cm³/mol. The van der Waals surface area contributed by atoms with Crippen LogP contribution in [0.15, 0.2) is 53.0 Å². The van der Waals surface area contributed by atoms with E-state index < -0.39 is 0 Å². The van der Waals surface area contributed by atoms with E-state index in [9.17, 15) is 4.79 Å². The third kappa shape index (κ3) is 4.46. The fourth-order valence-corrected chi connectivity index (χ4v) is 3.98. The van der Waals surface area contributed by atoms with Gasteiger partial charge in [0.15, 0.2) is 0 Å². The van der Waals surface area contributed by atoms with E-state index in [1.807, 2.05) is 48.3 Å². The molecular formula is C21H25BrN2O2. The van der Waals surface area contributed by atoms with Crippen LogP contribution < -0.4 is 4.74 Å². The number of halogens is 1. The third-order valence-corrected chi connectivity index (χ3v) is 5.40. The summed E-state index contributed by atoms with van der Waals surface area (Å²) in [6, 6.07) is 16.2. The molecule has 26 heavy (non-hydrogen) atoms. The molecule has 1 heterocycles. The van der Waals surface area contributed by atoms with Crippen LogP contribution in [-0.4, -0.2) is 42.5 Å². The fourth-order valence-electron chi connectivity index (χ4n) is 3.57. The zero-order chi connectivity index (χ0) is 18.5. The van der Waals surface area contributed by atoms with Crippen LogP contribution in [0.1, 0.15) is 24.0 Å². The quantitative estimate of drug-likeness (QED) is 0.710. The van der Waals surface area contributed by atoms with Crippen LogP contribution in [0.2, 0.25) is 0 Å². The van der Waals surface area contributed by atoms with Crippen LogP contribution in [0, 0.1) is 0 Å². The van der Waals surface area contributed by atoms with Crippen LogP contribution in [-0.2, 0) is 17.9 Å².